The van der Waals surface area contributed by atoms with Crippen molar-refractivity contribution in [2.45, 2.75) is 6.92 Å². The van der Waals surface area contributed by atoms with Crippen LogP contribution in [0.4, 0.5) is 22.7 Å². The Morgan fingerprint density at radius 1 is 0.962 bits per heavy atom. The van der Waals surface area contributed by atoms with Crippen molar-refractivity contribution in [3.8, 4) is 0 Å². The second-order valence-electron chi connectivity index (χ2n) is 5.03. The minimum atomic E-state index is -0.897. The van der Waals surface area contributed by atoms with Gasteiger partial charge in [-0.2, -0.15) is 0 Å². The van der Waals surface area contributed by atoms with Crippen LogP contribution in [0.3, 0.4) is 0 Å². The Bertz CT molecular complexity index is 961. The Hall–Kier alpha value is -3.60. The van der Waals surface area contributed by atoms with Crippen molar-refractivity contribution in [3.05, 3.63) is 76.8 Å². The third kappa shape index (κ3) is 3.72. The SMILES string of the molecule is Cc1c(C(=O)Nc2ccc(Cl)c([N+](=O)[O-])c2)cc([N+](=O)[O-])cc1[N+](=O)[O-]. The van der Waals surface area contributed by atoms with E-state index in [0.29, 0.717) is 0 Å². The molecule has 0 spiro atoms. The van der Waals surface area contributed by atoms with Crippen LogP contribution in [0.1, 0.15) is 15.9 Å². The molecule has 2 rings (SSSR count). The van der Waals surface area contributed by atoms with E-state index in [1.807, 2.05) is 0 Å². The first-order valence-electron chi connectivity index (χ1n) is 6.80. The molecule has 0 fully saturated rings. The van der Waals surface area contributed by atoms with Crippen LogP contribution < -0.4 is 5.32 Å². The third-order valence-electron chi connectivity index (χ3n) is 3.42. The van der Waals surface area contributed by atoms with Gasteiger partial charge in [0.15, 0.2) is 0 Å². The molecule has 0 saturated carbocycles. The fourth-order valence-corrected chi connectivity index (χ4v) is 2.33. The highest BCUT2D eigenvalue weighted by atomic mass is 35.5. The van der Waals surface area contributed by atoms with Gasteiger partial charge in [-0.25, -0.2) is 0 Å². The van der Waals surface area contributed by atoms with Gasteiger partial charge >= 0.3 is 0 Å². The Morgan fingerprint density at radius 2 is 1.58 bits per heavy atom. The summed E-state index contributed by atoms with van der Waals surface area (Å²) in [6, 6.07) is 5.12. The zero-order chi connectivity index (χ0) is 19.6. The molecule has 0 aromatic heterocycles. The third-order valence-corrected chi connectivity index (χ3v) is 3.74. The van der Waals surface area contributed by atoms with E-state index in [9.17, 15) is 35.1 Å². The van der Waals surface area contributed by atoms with Gasteiger partial charge in [-0.15, -0.1) is 0 Å². The smallest absolute Gasteiger partial charge is 0.289 e. The first-order chi connectivity index (χ1) is 12.1. The van der Waals surface area contributed by atoms with Gasteiger partial charge in [0.25, 0.3) is 23.0 Å². The fourth-order valence-electron chi connectivity index (χ4n) is 2.14. The number of halogens is 1. The maximum Gasteiger partial charge on any atom is 0.289 e. The van der Waals surface area contributed by atoms with E-state index in [-0.39, 0.29) is 21.8 Å². The first-order valence-corrected chi connectivity index (χ1v) is 7.18. The largest absolute Gasteiger partial charge is 0.322 e. The number of non-ortho nitro benzene ring substituents is 1. The van der Waals surface area contributed by atoms with Gasteiger partial charge in [0.2, 0.25) is 0 Å². The van der Waals surface area contributed by atoms with E-state index in [1.165, 1.54) is 19.1 Å². The fraction of sp³-hybridized carbons (Fsp3) is 0.0714. The van der Waals surface area contributed by atoms with Gasteiger partial charge in [-0.3, -0.25) is 35.1 Å². The van der Waals surface area contributed by atoms with E-state index >= 15 is 0 Å². The summed E-state index contributed by atoms with van der Waals surface area (Å²) in [4.78, 5) is 42.8. The number of hydrogen-bond donors (Lipinski definition) is 1. The van der Waals surface area contributed by atoms with Crippen LogP contribution in [-0.4, -0.2) is 20.7 Å². The summed E-state index contributed by atoms with van der Waals surface area (Å²) >= 11 is 5.68. The summed E-state index contributed by atoms with van der Waals surface area (Å²) in [6.45, 7) is 1.26. The molecule has 12 heteroatoms. The molecule has 0 atom stereocenters. The monoisotopic (exact) mass is 380 g/mol. The predicted octanol–water partition coefficient (Wildman–Crippen LogP) is 3.63. The van der Waals surface area contributed by atoms with Gasteiger partial charge < -0.3 is 5.32 Å². The molecular weight excluding hydrogens is 372 g/mol. The average Bonchev–Trinajstić information content (AvgIpc) is 2.55. The van der Waals surface area contributed by atoms with Crippen LogP contribution in [0, 0.1) is 37.3 Å². The average molecular weight is 381 g/mol. The van der Waals surface area contributed by atoms with Crippen molar-refractivity contribution in [1.29, 1.82) is 0 Å². The van der Waals surface area contributed by atoms with Crippen LogP contribution in [0.2, 0.25) is 5.02 Å². The van der Waals surface area contributed by atoms with E-state index in [1.54, 1.807) is 0 Å². The normalized spacial score (nSPS) is 10.2. The zero-order valence-corrected chi connectivity index (χ0v) is 13.7. The molecule has 2 aromatic rings. The molecule has 0 aliphatic heterocycles. The lowest BCUT2D eigenvalue weighted by molar-refractivity contribution is -0.394. The van der Waals surface area contributed by atoms with Crippen molar-refractivity contribution in [2.75, 3.05) is 5.32 Å². The molecule has 11 nitrogen and oxygen atoms in total. The predicted molar refractivity (Wildman–Crippen MR) is 90.5 cm³/mol. The lowest BCUT2D eigenvalue weighted by Crippen LogP contribution is -2.15. The molecule has 2 aromatic carbocycles. The van der Waals surface area contributed by atoms with Crippen molar-refractivity contribution in [2.24, 2.45) is 0 Å². The second-order valence-corrected chi connectivity index (χ2v) is 5.44. The number of anilines is 1. The molecule has 134 valence electrons. The Kier molecular flexibility index (Phi) is 5.12. The summed E-state index contributed by atoms with van der Waals surface area (Å²) in [7, 11) is 0. The molecule has 1 N–H and O–H groups in total. The number of amides is 1. The maximum atomic E-state index is 12.4. The quantitative estimate of drug-likeness (QED) is 0.612. The number of nitrogens with one attached hydrogen (secondary N) is 1. The van der Waals surface area contributed by atoms with E-state index in [2.05, 4.69) is 5.32 Å². The lowest BCUT2D eigenvalue weighted by atomic mass is 10.0. The van der Waals surface area contributed by atoms with E-state index < -0.39 is 37.7 Å². The van der Waals surface area contributed by atoms with Gasteiger partial charge in [-0.05, 0) is 19.1 Å². The van der Waals surface area contributed by atoms with Crippen molar-refractivity contribution >= 4 is 40.3 Å². The number of rotatable bonds is 5. The van der Waals surface area contributed by atoms with E-state index in [4.69, 9.17) is 11.6 Å². The molecule has 0 aliphatic carbocycles. The highest BCUT2D eigenvalue weighted by Gasteiger charge is 2.25. The van der Waals surface area contributed by atoms with Gasteiger partial charge in [0.1, 0.15) is 5.02 Å². The molecular formula is C14H9ClN4O7. The molecule has 0 bridgehead atoms. The summed E-state index contributed by atoms with van der Waals surface area (Å²) in [5, 5.41) is 35.0. The van der Waals surface area contributed by atoms with Gasteiger partial charge in [0, 0.05) is 23.4 Å². The highest BCUT2D eigenvalue weighted by molar-refractivity contribution is 6.32. The number of nitro groups is 3. The Morgan fingerprint density at radius 3 is 2.12 bits per heavy atom. The summed E-state index contributed by atoms with van der Waals surface area (Å²) < 4.78 is 0. The zero-order valence-electron chi connectivity index (χ0n) is 13.0. The number of hydrogen-bond acceptors (Lipinski definition) is 7. The second kappa shape index (κ2) is 7.11. The summed E-state index contributed by atoms with van der Waals surface area (Å²) in [6.07, 6.45) is 0. The minimum absolute atomic E-state index is 0.000316. The van der Waals surface area contributed by atoms with E-state index in [0.717, 1.165) is 18.2 Å². The number of carbonyl (C=O) groups excluding carboxylic acids is 1. The Balaban J connectivity index is 2.47. The van der Waals surface area contributed by atoms with Crippen molar-refractivity contribution in [1.82, 2.24) is 0 Å². The van der Waals surface area contributed by atoms with Crippen LogP contribution >= 0.6 is 11.6 Å². The summed E-state index contributed by atoms with van der Waals surface area (Å²) in [5.74, 6) is -0.897. The van der Waals surface area contributed by atoms with Crippen LogP contribution in [0.25, 0.3) is 0 Å². The van der Waals surface area contributed by atoms with Gasteiger partial charge in [0.05, 0.1) is 26.4 Å². The standard InChI is InChI=1S/C14H9ClN4O7/c1-7-10(5-9(17(21)22)6-12(7)18(23)24)14(20)16-8-2-3-11(15)13(4-8)19(25)26/h2-6H,1H3,(H,16,20). The number of carbonyl (C=O) groups is 1. The number of benzene rings is 2. The number of nitrogens with zero attached hydrogens (tertiary/aromatic N) is 3. The topological polar surface area (TPSA) is 159 Å². The molecule has 0 radical (unpaired) electrons. The Labute approximate surface area is 149 Å². The van der Waals surface area contributed by atoms with Gasteiger partial charge in [-0.1, -0.05) is 11.6 Å². The molecule has 26 heavy (non-hydrogen) atoms. The molecule has 0 unspecified atom stereocenters. The minimum Gasteiger partial charge on any atom is -0.322 e. The molecule has 0 saturated heterocycles. The van der Waals surface area contributed by atoms with Crippen LogP contribution in [0.15, 0.2) is 30.3 Å². The summed E-state index contributed by atoms with van der Waals surface area (Å²) in [5.41, 5.74) is -2.06. The van der Waals surface area contributed by atoms with Crippen LogP contribution in [0.5, 0.6) is 0 Å². The highest BCUT2D eigenvalue weighted by Crippen LogP contribution is 2.30. The van der Waals surface area contributed by atoms with Crippen molar-refractivity contribution in [3.63, 3.8) is 0 Å². The first kappa shape index (κ1) is 18.7. The molecule has 0 heterocycles. The van der Waals surface area contributed by atoms with Crippen LogP contribution in [-0.2, 0) is 0 Å². The maximum absolute atomic E-state index is 12.4. The molecule has 0 aliphatic rings. The lowest BCUT2D eigenvalue weighted by Gasteiger charge is -2.08. The van der Waals surface area contributed by atoms with Crippen molar-refractivity contribution < 1.29 is 19.6 Å². The number of nitro benzene ring substituents is 3. The molecule has 1 amide bonds.